The molecule has 2 aliphatic heterocycles. The molecule has 0 amide bonds. The number of hydrogen-bond acceptors (Lipinski definition) is 16. The van der Waals surface area contributed by atoms with Crippen LogP contribution >= 0.6 is 0 Å². The predicted octanol–water partition coefficient (Wildman–Crippen LogP) is 1.15. The fourth-order valence-corrected chi connectivity index (χ4v) is 10.3. The molecule has 1 aromatic carbocycles. The number of aliphatic hydroxyl groups excluding tert-OH is 3. The van der Waals surface area contributed by atoms with Crippen LogP contribution in [0.5, 0.6) is 0 Å². The van der Waals surface area contributed by atoms with Gasteiger partial charge in [0.25, 0.3) is 0 Å². The molecule has 2 saturated heterocycles. The van der Waals surface area contributed by atoms with Crippen molar-refractivity contribution in [2.75, 3.05) is 47.4 Å². The Balaban J connectivity index is 1.51. The Bertz CT molecular complexity index is 1820. The predicted molar refractivity (Wildman–Crippen MR) is 230 cm³/mol. The third kappa shape index (κ3) is 12.8. The van der Waals surface area contributed by atoms with Crippen LogP contribution < -0.4 is 4.72 Å². The molecule has 3 heterocycles. The van der Waals surface area contributed by atoms with Gasteiger partial charge in [-0.3, -0.25) is 4.79 Å². The number of nitrogens with one attached hydrogen (secondary N) is 1. The standard InChI is InChI=1S/C43H74N6O12S/c1-12-35-43(8,55)38(52)30(6)48(10)23-26(2)22-42(7,54)39(28(4)37(58-11)29(5)40(53)60-35)61-41-36(51)34(21-27(3)59-41)47(9)19-17-32-25-49(46-45-32)24-31-13-15-33(16-14-31)62(56,57)44-18-20-50/h13-16,25-30,34-39,41,44,50-52,54-55H,12,17-24H2,1-11H3/t26-,27-,28+,29-,30-,34+,35-,36-,37+,38-,39-,41+,42-,43-/m1/s1. The highest BCUT2D eigenvalue weighted by atomic mass is 32.2. The minimum atomic E-state index is -3.72. The van der Waals surface area contributed by atoms with Crippen LogP contribution in [0.4, 0.5) is 0 Å². The van der Waals surface area contributed by atoms with Crippen LogP contribution in [0.25, 0.3) is 0 Å². The van der Waals surface area contributed by atoms with Crippen molar-refractivity contribution in [1.82, 2.24) is 29.5 Å². The molecule has 19 heteroatoms. The first kappa shape index (κ1) is 52.0. The highest BCUT2D eigenvalue weighted by Crippen LogP contribution is 2.37. The smallest absolute Gasteiger partial charge is 0.311 e. The molecule has 0 spiro atoms. The van der Waals surface area contributed by atoms with Gasteiger partial charge in [0.15, 0.2) is 6.29 Å². The second kappa shape index (κ2) is 22.0. The molecule has 1 aromatic heterocycles. The molecule has 2 aromatic rings. The maximum atomic E-state index is 13.8. The largest absolute Gasteiger partial charge is 0.459 e. The summed E-state index contributed by atoms with van der Waals surface area (Å²) in [5.74, 6) is -2.28. The molecule has 18 nitrogen and oxygen atoms in total. The van der Waals surface area contributed by atoms with E-state index in [0.717, 1.165) is 11.3 Å². The summed E-state index contributed by atoms with van der Waals surface area (Å²) in [6, 6.07) is 5.47. The van der Waals surface area contributed by atoms with E-state index in [1.165, 1.54) is 26.2 Å². The summed E-state index contributed by atoms with van der Waals surface area (Å²) in [5.41, 5.74) is -1.73. The summed E-state index contributed by atoms with van der Waals surface area (Å²) in [6.45, 7) is 15.1. The number of carbonyl (C=O) groups excluding carboxylic acids is 1. The number of aliphatic hydroxyl groups is 5. The Morgan fingerprint density at radius 3 is 2.35 bits per heavy atom. The number of hydrogen-bond donors (Lipinski definition) is 6. The molecule has 4 rings (SSSR count). The van der Waals surface area contributed by atoms with Crippen molar-refractivity contribution in [3.8, 4) is 0 Å². The van der Waals surface area contributed by atoms with Crippen LogP contribution in [0.3, 0.4) is 0 Å². The quantitative estimate of drug-likeness (QED) is 0.146. The van der Waals surface area contributed by atoms with Crippen molar-refractivity contribution in [2.45, 2.75) is 159 Å². The van der Waals surface area contributed by atoms with Gasteiger partial charge in [-0.05, 0) is 91.6 Å². The second-order valence-electron chi connectivity index (χ2n) is 18.3. The van der Waals surface area contributed by atoms with Crippen molar-refractivity contribution in [3.63, 3.8) is 0 Å². The topological polar surface area (TPSA) is 238 Å². The van der Waals surface area contributed by atoms with Crippen LogP contribution in [0.15, 0.2) is 35.4 Å². The second-order valence-corrected chi connectivity index (χ2v) is 20.0. The number of carbonyl (C=O) groups is 1. The Morgan fingerprint density at radius 1 is 1.08 bits per heavy atom. The molecule has 2 aliphatic rings. The maximum absolute atomic E-state index is 13.8. The number of nitrogens with zero attached hydrogens (tertiary/aromatic N) is 5. The normalized spacial score (nSPS) is 36.2. The summed E-state index contributed by atoms with van der Waals surface area (Å²) in [6.07, 6.45) is -3.34. The molecule has 0 aliphatic carbocycles. The molecule has 354 valence electrons. The van der Waals surface area contributed by atoms with Crippen LogP contribution in [-0.2, 0) is 46.7 Å². The average Bonchev–Trinajstić information content (AvgIpc) is 3.66. The minimum absolute atomic E-state index is 0.0711. The molecular formula is C43H74N6O12S. The van der Waals surface area contributed by atoms with Gasteiger partial charge in [-0.15, -0.1) is 5.10 Å². The molecule has 0 bridgehead atoms. The first-order valence-electron chi connectivity index (χ1n) is 21.8. The van der Waals surface area contributed by atoms with Crippen LogP contribution in [0, 0.1) is 17.8 Å². The van der Waals surface area contributed by atoms with Crippen molar-refractivity contribution >= 4 is 16.0 Å². The summed E-state index contributed by atoms with van der Waals surface area (Å²) in [7, 11) is 1.51. The summed E-state index contributed by atoms with van der Waals surface area (Å²) < 4.78 is 53.6. The van der Waals surface area contributed by atoms with E-state index in [1.54, 1.807) is 44.5 Å². The van der Waals surface area contributed by atoms with Gasteiger partial charge in [-0.1, -0.05) is 38.1 Å². The lowest BCUT2D eigenvalue weighted by Gasteiger charge is -2.47. The van der Waals surface area contributed by atoms with Crippen molar-refractivity contribution in [3.05, 3.63) is 41.7 Å². The number of esters is 1. The van der Waals surface area contributed by atoms with Gasteiger partial charge in [-0.2, -0.15) is 0 Å². The highest BCUT2D eigenvalue weighted by molar-refractivity contribution is 7.89. The van der Waals surface area contributed by atoms with Gasteiger partial charge in [0.2, 0.25) is 10.0 Å². The Morgan fingerprint density at radius 2 is 1.74 bits per heavy atom. The van der Waals surface area contributed by atoms with E-state index in [9.17, 15) is 33.6 Å². The molecule has 0 saturated carbocycles. The summed E-state index contributed by atoms with van der Waals surface area (Å²) >= 11 is 0. The molecule has 14 atom stereocenters. The summed E-state index contributed by atoms with van der Waals surface area (Å²) in [4.78, 5) is 17.8. The zero-order valence-corrected chi connectivity index (χ0v) is 39.2. The van der Waals surface area contributed by atoms with Gasteiger partial charge >= 0.3 is 5.97 Å². The van der Waals surface area contributed by atoms with E-state index in [2.05, 4.69) is 15.0 Å². The number of methoxy groups -OCH3 is 1. The minimum Gasteiger partial charge on any atom is -0.459 e. The van der Waals surface area contributed by atoms with E-state index < -0.39 is 87.9 Å². The van der Waals surface area contributed by atoms with Gasteiger partial charge < -0.3 is 54.3 Å². The number of aromatic nitrogens is 3. The Kier molecular flexibility index (Phi) is 18.5. The number of benzene rings is 1. The third-order valence-corrected chi connectivity index (χ3v) is 14.4. The molecule has 2 fully saturated rings. The molecule has 0 unspecified atom stereocenters. The number of likely N-dealkylation sites (N-methyl/N-ethyl adjacent to an activating group) is 2. The van der Waals surface area contributed by atoms with Crippen LogP contribution in [0.1, 0.15) is 85.9 Å². The zero-order chi connectivity index (χ0) is 46.3. The van der Waals surface area contributed by atoms with Gasteiger partial charge in [-0.25, -0.2) is 17.8 Å². The maximum Gasteiger partial charge on any atom is 0.311 e. The van der Waals surface area contributed by atoms with Crippen molar-refractivity contribution in [2.24, 2.45) is 17.8 Å². The fraction of sp³-hybridized carbons (Fsp3) is 0.791. The lowest BCUT2D eigenvalue weighted by Crippen LogP contribution is -2.59. The number of sulfonamides is 1. The van der Waals surface area contributed by atoms with Crippen molar-refractivity contribution in [1.29, 1.82) is 0 Å². The molecule has 0 radical (unpaired) electrons. The lowest BCUT2D eigenvalue weighted by molar-refractivity contribution is -0.300. The Hall–Kier alpha value is -2.66. The van der Waals surface area contributed by atoms with E-state index in [4.69, 9.17) is 24.1 Å². The molecular weight excluding hydrogens is 825 g/mol. The van der Waals surface area contributed by atoms with E-state index in [1.807, 2.05) is 50.9 Å². The van der Waals surface area contributed by atoms with Crippen LogP contribution in [0.2, 0.25) is 0 Å². The third-order valence-electron chi connectivity index (χ3n) is 12.9. The summed E-state index contributed by atoms with van der Waals surface area (Å²) in [5, 5.41) is 64.9. The van der Waals surface area contributed by atoms with Crippen LogP contribution in [-0.4, -0.2) is 178 Å². The highest BCUT2D eigenvalue weighted by Gasteiger charge is 2.50. The molecule has 62 heavy (non-hydrogen) atoms. The van der Waals surface area contributed by atoms with Gasteiger partial charge in [0.05, 0.1) is 53.6 Å². The first-order chi connectivity index (χ1) is 29.0. The zero-order valence-electron chi connectivity index (χ0n) is 38.4. The van der Waals surface area contributed by atoms with E-state index >= 15 is 0 Å². The number of cyclic esters (lactones) is 1. The number of rotatable bonds is 14. The van der Waals surface area contributed by atoms with Gasteiger partial charge in [0.1, 0.15) is 23.9 Å². The molecule has 6 N–H and O–H groups in total. The fourth-order valence-electron chi connectivity index (χ4n) is 9.28. The monoisotopic (exact) mass is 899 g/mol. The van der Waals surface area contributed by atoms with E-state index in [0.29, 0.717) is 32.5 Å². The van der Waals surface area contributed by atoms with Gasteiger partial charge in [0, 0.05) is 57.4 Å². The number of ether oxygens (including phenoxy) is 4. The average molecular weight is 899 g/mol. The van der Waals surface area contributed by atoms with Crippen molar-refractivity contribution < 1.29 is 57.7 Å². The first-order valence-corrected chi connectivity index (χ1v) is 23.3. The lowest BCUT2D eigenvalue weighted by atomic mass is 9.78. The van der Waals surface area contributed by atoms with E-state index in [-0.39, 0.29) is 42.9 Å². The Labute approximate surface area is 367 Å². The SMILES string of the molecule is CC[C@H]1OC(=O)[C@H](C)[C@@H](OC)[C@H](C)[C@@H](O[C@@H]2O[C@H](C)C[C@H](N(C)CCc3cn(Cc4ccc(S(=O)(=O)NCCO)cc4)nn3)[C@H]2O)[C@](C)(O)C[C@@H](C)CN(C)[C@H](C)[C@@H](O)[C@]1(C)O.